The van der Waals surface area contributed by atoms with Gasteiger partial charge < -0.3 is 21.5 Å². The van der Waals surface area contributed by atoms with Gasteiger partial charge in [-0.05, 0) is 74.4 Å². The van der Waals surface area contributed by atoms with Gasteiger partial charge in [0, 0.05) is 24.2 Å². The zero-order valence-corrected chi connectivity index (χ0v) is 23.7. The average Bonchev–Trinajstić information content (AvgIpc) is 2.89. The fourth-order valence-corrected chi connectivity index (χ4v) is 4.71. The first-order valence-corrected chi connectivity index (χ1v) is 13.6. The SMILES string of the molecule is CC(C)C(C)(N)CNC(=O)Nc1ccc(CC2CCN(Cc3ccc(C(O)(C(F)(F)F)C(F)(F)F)cc3)CC2)cc1F. The fraction of sp³-hybridized carbons (Fsp3) is 0.552. The smallest absolute Gasteiger partial charge is 0.369 e. The van der Waals surface area contributed by atoms with Gasteiger partial charge in [-0.3, -0.25) is 4.90 Å². The number of benzene rings is 2. The van der Waals surface area contributed by atoms with Crippen molar-refractivity contribution in [3.05, 3.63) is 65.0 Å². The minimum Gasteiger partial charge on any atom is -0.369 e. The minimum atomic E-state index is -5.93. The zero-order valence-electron chi connectivity index (χ0n) is 23.7. The Morgan fingerprint density at radius 2 is 1.55 bits per heavy atom. The molecule has 1 fully saturated rings. The molecule has 1 saturated heterocycles. The number of nitrogens with two attached hydrogens (primary N) is 1. The number of amides is 2. The van der Waals surface area contributed by atoms with E-state index in [-0.39, 0.29) is 24.1 Å². The summed E-state index contributed by atoms with van der Waals surface area (Å²) in [4.78, 5) is 14.2. The van der Waals surface area contributed by atoms with E-state index in [0.29, 0.717) is 43.8 Å². The highest BCUT2D eigenvalue weighted by Crippen LogP contribution is 2.50. The Morgan fingerprint density at radius 3 is 2.05 bits per heavy atom. The van der Waals surface area contributed by atoms with E-state index in [1.165, 1.54) is 12.1 Å². The summed E-state index contributed by atoms with van der Waals surface area (Å²) in [5.41, 5.74) is 0.615. The molecule has 0 aliphatic carbocycles. The molecule has 234 valence electrons. The van der Waals surface area contributed by atoms with E-state index >= 15 is 0 Å². The van der Waals surface area contributed by atoms with Gasteiger partial charge in [-0.2, -0.15) is 26.3 Å². The highest BCUT2D eigenvalue weighted by Gasteiger charge is 2.71. The van der Waals surface area contributed by atoms with Crippen LogP contribution in [0.25, 0.3) is 0 Å². The summed E-state index contributed by atoms with van der Waals surface area (Å²) in [5.74, 6) is -0.189. The zero-order chi connectivity index (χ0) is 31.5. The van der Waals surface area contributed by atoms with Gasteiger partial charge in [0.2, 0.25) is 0 Å². The number of rotatable bonds is 9. The van der Waals surface area contributed by atoms with Gasteiger partial charge in [-0.15, -0.1) is 0 Å². The van der Waals surface area contributed by atoms with Crippen LogP contribution >= 0.6 is 0 Å². The molecule has 0 radical (unpaired) electrons. The molecule has 1 heterocycles. The maximum absolute atomic E-state index is 14.7. The Hall–Kier alpha value is -2.90. The lowest BCUT2D eigenvalue weighted by molar-refractivity contribution is -0.376. The summed E-state index contributed by atoms with van der Waals surface area (Å²) >= 11 is 0. The number of likely N-dealkylation sites (tertiary alicyclic amines) is 1. The molecule has 2 aromatic carbocycles. The number of urea groups is 1. The number of anilines is 1. The first-order valence-electron chi connectivity index (χ1n) is 13.6. The minimum absolute atomic E-state index is 0.0456. The van der Waals surface area contributed by atoms with Crippen LogP contribution in [0.1, 0.15) is 50.3 Å². The third kappa shape index (κ3) is 7.93. The van der Waals surface area contributed by atoms with Crippen LogP contribution in [0.5, 0.6) is 0 Å². The number of piperidine rings is 1. The van der Waals surface area contributed by atoms with Crippen molar-refractivity contribution < 1.29 is 40.6 Å². The lowest BCUT2D eigenvalue weighted by Crippen LogP contribution is -2.53. The number of carbonyl (C=O) groups is 1. The number of hydrogen-bond donors (Lipinski definition) is 4. The normalized spacial score (nSPS) is 17.3. The molecule has 6 nitrogen and oxygen atoms in total. The van der Waals surface area contributed by atoms with Crippen molar-refractivity contribution in [3.63, 3.8) is 0 Å². The van der Waals surface area contributed by atoms with Crippen LogP contribution in [0.2, 0.25) is 0 Å². The van der Waals surface area contributed by atoms with Crippen LogP contribution in [-0.4, -0.2) is 53.6 Å². The predicted molar refractivity (Wildman–Crippen MR) is 145 cm³/mol. The quantitative estimate of drug-likeness (QED) is 0.260. The number of nitrogens with zero attached hydrogens (tertiary/aromatic N) is 1. The number of aliphatic hydroxyl groups is 1. The van der Waals surface area contributed by atoms with Gasteiger partial charge in [0.25, 0.3) is 5.60 Å². The summed E-state index contributed by atoms with van der Waals surface area (Å²) in [6, 6.07) is 7.69. The lowest BCUT2D eigenvalue weighted by atomic mass is 9.89. The van der Waals surface area contributed by atoms with E-state index in [2.05, 4.69) is 10.6 Å². The molecule has 42 heavy (non-hydrogen) atoms. The van der Waals surface area contributed by atoms with Crippen LogP contribution in [0.4, 0.5) is 41.2 Å². The summed E-state index contributed by atoms with van der Waals surface area (Å²) in [5, 5.41) is 14.7. The summed E-state index contributed by atoms with van der Waals surface area (Å²) in [6.07, 6.45) is -9.72. The second kappa shape index (κ2) is 12.8. The topological polar surface area (TPSA) is 90.6 Å². The largest absolute Gasteiger partial charge is 0.430 e. The van der Waals surface area contributed by atoms with Crippen LogP contribution < -0.4 is 16.4 Å². The number of nitrogens with one attached hydrogen (secondary N) is 2. The number of carbonyl (C=O) groups excluding carboxylic acids is 1. The fourth-order valence-electron chi connectivity index (χ4n) is 4.71. The molecular weight excluding hydrogens is 569 g/mol. The van der Waals surface area contributed by atoms with Crippen molar-refractivity contribution in [1.82, 2.24) is 10.2 Å². The van der Waals surface area contributed by atoms with Crippen molar-refractivity contribution in [1.29, 1.82) is 0 Å². The molecule has 0 bridgehead atoms. The summed E-state index contributed by atoms with van der Waals surface area (Å²) in [7, 11) is 0. The first kappa shape index (κ1) is 33.6. The molecule has 13 heteroatoms. The van der Waals surface area contributed by atoms with E-state index in [1.54, 1.807) is 6.07 Å². The molecule has 1 atom stereocenters. The second-order valence-electron chi connectivity index (χ2n) is 11.6. The molecule has 0 saturated carbocycles. The van der Waals surface area contributed by atoms with Crippen LogP contribution in [0, 0.1) is 17.7 Å². The van der Waals surface area contributed by atoms with Crippen molar-refractivity contribution in [2.24, 2.45) is 17.6 Å². The lowest BCUT2D eigenvalue weighted by Gasteiger charge is -2.33. The van der Waals surface area contributed by atoms with E-state index in [4.69, 9.17) is 5.73 Å². The van der Waals surface area contributed by atoms with Crippen molar-refractivity contribution >= 4 is 11.7 Å². The summed E-state index contributed by atoms with van der Waals surface area (Å²) in [6.45, 7) is 7.52. The maximum Gasteiger partial charge on any atom is 0.430 e. The average molecular weight is 607 g/mol. The molecular formula is C29H37F7N4O2. The predicted octanol–water partition coefficient (Wildman–Crippen LogP) is 6.09. The Morgan fingerprint density at radius 1 is 1.00 bits per heavy atom. The first-order chi connectivity index (χ1) is 19.3. The van der Waals surface area contributed by atoms with Crippen molar-refractivity contribution in [3.8, 4) is 0 Å². The third-order valence-corrected chi connectivity index (χ3v) is 8.06. The highest BCUT2D eigenvalue weighted by atomic mass is 19.4. The van der Waals surface area contributed by atoms with Crippen molar-refractivity contribution in [2.75, 3.05) is 25.0 Å². The maximum atomic E-state index is 14.7. The van der Waals surface area contributed by atoms with Gasteiger partial charge in [0.05, 0.1) is 5.69 Å². The van der Waals surface area contributed by atoms with Crippen molar-refractivity contribution in [2.45, 2.75) is 70.1 Å². The van der Waals surface area contributed by atoms with Crippen LogP contribution in [0.15, 0.2) is 42.5 Å². The molecule has 1 aliphatic rings. The molecule has 1 aliphatic heterocycles. The van der Waals surface area contributed by atoms with E-state index in [0.717, 1.165) is 30.5 Å². The highest BCUT2D eigenvalue weighted by molar-refractivity contribution is 5.89. The summed E-state index contributed by atoms with van der Waals surface area (Å²) < 4.78 is 93.3. The Balaban J connectivity index is 1.51. The van der Waals surface area contributed by atoms with E-state index in [1.807, 2.05) is 25.7 Å². The van der Waals surface area contributed by atoms with E-state index < -0.39 is 40.9 Å². The van der Waals surface area contributed by atoms with Gasteiger partial charge in [0.15, 0.2) is 0 Å². The Labute approximate surface area is 240 Å². The van der Waals surface area contributed by atoms with Gasteiger partial charge in [0.1, 0.15) is 5.82 Å². The van der Waals surface area contributed by atoms with Gasteiger partial charge in [-0.1, -0.05) is 44.2 Å². The molecule has 0 spiro atoms. The molecule has 3 rings (SSSR count). The monoisotopic (exact) mass is 606 g/mol. The number of halogens is 7. The molecule has 1 unspecified atom stereocenters. The molecule has 2 amide bonds. The molecule has 5 N–H and O–H groups in total. The number of alkyl halides is 6. The number of hydrogen-bond acceptors (Lipinski definition) is 4. The molecule has 0 aromatic heterocycles. The standard InChI is InChI=1S/C29H37F7N4O2/c1-18(2)26(3,37)17-38-25(41)39-24-9-6-21(15-23(24)30)14-19-10-12-40(13-11-19)16-20-4-7-22(8-5-20)27(42,28(31,32)33)29(34,35)36/h4-9,15,18-19,42H,10-14,16-17,37H2,1-3H3,(H2,38,39,41). The van der Waals surface area contributed by atoms with Gasteiger partial charge in [-0.25, -0.2) is 9.18 Å². The third-order valence-electron chi connectivity index (χ3n) is 8.06. The van der Waals surface area contributed by atoms with Gasteiger partial charge >= 0.3 is 18.4 Å². The van der Waals surface area contributed by atoms with Crippen LogP contribution in [0.3, 0.4) is 0 Å². The Kier molecular flexibility index (Phi) is 10.2. The van der Waals surface area contributed by atoms with Crippen LogP contribution in [-0.2, 0) is 18.6 Å². The molecule has 2 aromatic rings. The van der Waals surface area contributed by atoms with E-state index in [9.17, 15) is 40.6 Å². The Bertz CT molecular complexity index is 1190. The second-order valence-corrected chi connectivity index (χ2v) is 11.6.